The van der Waals surface area contributed by atoms with Crippen LogP contribution in [-0.2, 0) is 33.2 Å². The molecule has 0 aliphatic carbocycles. The van der Waals surface area contributed by atoms with Gasteiger partial charge in [-0.1, -0.05) is 19.8 Å². The van der Waals surface area contributed by atoms with Crippen molar-refractivity contribution in [2.24, 2.45) is 0 Å². The minimum absolute atomic E-state index is 0.0280. The molecule has 0 heterocycles. The molecule has 0 unspecified atom stereocenters. The van der Waals surface area contributed by atoms with Gasteiger partial charge in [-0.15, -0.1) is 0 Å². The summed E-state index contributed by atoms with van der Waals surface area (Å²) < 4.78 is 47.0. The summed E-state index contributed by atoms with van der Waals surface area (Å²) in [5, 5.41) is 0. The van der Waals surface area contributed by atoms with E-state index in [1.807, 2.05) is 0 Å². The van der Waals surface area contributed by atoms with Gasteiger partial charge in [-0.25, -0.2) is 0 Å². The molecule has 0 aliphatic rings. The zero-order valence-electron chi connectivity index (χ0n) is 13.8. The molecule has 0 aromatic carbocycles. The fourth-order valence-electron chi connectivity index (χ4n) is 1.46. The predicted octanol–water partition coefficient (Wildman–Crippen LogP) is 1.22. The Morgan fingerprint density at radius 3 is 1.45 bits per heavy atom. The summed E-state index contributed by atoms with van der Waals surface area (Å²) in [7, 11) is -3.38. The Balaban J connectivity index is 3.03. The largest absolute Gasteiger partial charge is 0.379 e. The molecular weight excluding hydrogens is 312 g/mol. The van der Waals surface area contributed by atoms with Crippen LogP contribution in [0.15, 0.2) is 0 Å². The number of hydrogen-bond acceptors (Lipinski definition) is 7. The Morgan fingerprint density at radius 1 is 0.636 bits per heavy atom. The van der Waals surface area contributed by atoms with Crippen LogP contribution in [0.25, 0.3) is 0 Å². The Bertz CT molecular complexity index is 319. The third-order valence-corrected chi connectivity index (χ3v) is 3.13. The normalized spacial score (nSPS) is 11.9. The highest BCUT2D eigenvalue weighted by Crippen LogP contribution is 1.93. The first-order valence-electron chi connectivity index (χ1n) is 7.71. The number of unbranched alkanes of at least 4 members (excludes halogenated alkanes) is 2. The molecule has 0 rings (SSSR count). The van der Waals surface area contributed by atoms with E-state index in [9.17, 15) is 8.42 Å². The van der Waals surface area contributed by atoms with E-state index in [0.717, 1.165) is 19.3 Å². The van der Waals surface area contributed by atoms with Gasteiger partial charge in [0.25, 0.3) is 10.1 Å². The lowest BCUT2D eigenvalue weighted by Crippen LogP contribution is -2.14. The van der Waals surface area contributed by atoms with E-state index in [2.05, 4.69) is 11.1 Å². The maximum absolute atomic E-state index is 10.7. The highest BCUT2D eigenvalue weighted by Gasteiger charge is 2.00. The summed E-state index contributed by atoms with van der Waals surface area (Å²) in [5.74, 6) is 0. The van der Waals surface area contributed by atoms with Crippen LogP contribution in [0.3, 0.4) is 0 Å². The molecule has 0 spiro atoms. The first-order valence-corrected chi connectivity index (χ1v) is 9.53. The van der Waals surface area contributed by atoms with Gasteiger partial charge in [-0.2, -0.15) is 8.42 Å². The Labute approximate surface area is 134 Å². The zero-order valence-corrected chi connectivity index (χ0v) is 14.6. The SMILES string of the molecule is CCCCCOCCOCCOCCOCCOS(C)(=O)=O. The van der Waals surface area contributed by atoms with Gasteiger partial charge in [0.15, 0.2) is 0 Å². The molecule has 0 bridgehead atoms. The van der Waals surface area contributed by atoms with E-state index < -0.39 is 10.1 Å². The summed E-state index contributed by atoms with van der Waals surface area (Å²) in [6.07, 6.45) is 4.52. The molecule has 0 saturated carbocycles. The predicted molar refractivity (Wildman–Crippen MR) is 83.6 cm³/mol. The third-order valence-electron chi connectivity index (χ3n) is 2.53. The van der Waals surface area contributed by atoms with Crippen molar-refractivity contribution in [2.45, 2.75) is 26.2 Å². The minimum atomic E-state index is -3.38. The third kappa shape index (κ3) is 19.8. The molecule has 0 aromatic rings. The zero-order chi connectivity index (χ0) is 16.5. The van der Waals surface area contributed by atoms with Crippen LogP contribution in [0.1, 0.15) is 26.2 Å². The highest BCUT2D eigenvalue weighted by molar-refractivity contribution is 7.85. The fraction of sp³-hybridized carbons (Fsp3) is 1.00. The molecule has 134 valence electrons. The van der Waals surface area contributed by atoms with E-state index in [0.29, 0.717) is 39.6 Å². The second-order valence-electron chi connectivity index (χ2n) is 4.68. The molecule has 7 nitrogen and oxygen atoms in total. The molecule has 8 heteroatoms. The average molecular weight is 342 g/mol. The number of ether oxygens (including phenoxy) is 4. The van der Waals surface area contributed by atoms with Crippen LogP contribution in [0.2, 0.25) is 0 Å². The summed E-state index contributed by atoms with van der Waals surface area (Å²) >= 11 is 0. The molecule has 0 atom stereocenters. The van der Waals surface area contributed by atoms with Gasteiger partial charge < -0.3 is 18.9 Å². The molecule has 0 fully saturated rings. The van der Waals surface area contributed by atoms with E-state index in [1.54, 1.807) is 0 Å². The summed E-state index contributed by atoms with van der Waals surface area (Å²) in [5.41, 5.74) is 0. The van der Waals surface area contributed by atoms with Crippen LogP contribution >= 0.6 is 0 Å². The molecule has 0 amide bonds. The molecule has 0 aliphatic heterocycles. The minimum Gasteiger partial charge on any atom is -0.379 e. The summed E-state index contributed by atoms with van der Waals surface area (Å²) in [6.45, 7) is 6.27. The maximum atomic E-state index is 10.7. The molecule has 0 saturated heterocycles. The fourth-order valence-corrected chi connectivity index (χ4v) is 1.83. The first-order chi connectivity index (χ1) is 10.6. The van der Waals surface area contributed by atoms with E-state index in [1.165, 1.54) is 12.8 Å². The van der Waals surface area contributed by atoms with Gasteiger partial charge >= 0.3 is 0 Å². The second-order valence-corrected chi connectivity index (χ2v) is 6.33. The van der Waals surface area contributed by atoms with Crippen LogP contribution < -0.4 is 0 Å². The standard InChI is InChI=1S/C14H30O7S/c1-3-4-5-6-17-7-8-18-9-10-19-11-12-20-13-14-21-22(2,15)16/h3-14H2,1-2H3. The van der Waals surface area contributed by atoms with Crippen molar-refractivity contribution in [3.8, 4) is 0 Å². The summed E-state index contributed by atoms with van der Waals surface area (Å²) in [4.78, 5) is 0. The van der Waals surface area contributed by atoms with Crippen LogP contribution in [0, 0.1) is 0 Å². The Hall–Kier alpha value is -0.250. The second kappa shape index (κ2) is 15.6. The van der Waals surface area contributed by atoms with E-state index in [-0.39, 0.29) is 13.2 Å². The Morgan fingerprint density at radius 2 is 1.05 bits per heavy atom. The van der Waals surface area contributed by atoms with Gasteiger partial charge in [0, 0.05) is 6.61 Å². The smallest absolute Gasteiger partial charge is 0.264 e. The Kier molecular flexibility index (Phi) is 15.5. The first kappa shape index (κ1) is 21.8. The maximum Gasteiger partial charge on any atom is 0.264 e. The lowest BCUT2D eigenvalue weighted by Gasteiger charge is -2.07. The van der Waals surface area contributed by atoms with Gasteiger partial charge in [0.2, 0.25) is 0 Å². The lowest BCUT2D eigenvalue weighted by molar-refractivity contribution is -0.00463. The lowest BCUT2D eigenvalue weighted by atomic mass is 10.3. The highest BCUT2D eigenvalue weighted by atomic mass is 32.2. The van der Waals surface area contributed by atoms with Crippen molar-refractivity contribution in [3.63, 3.8) is 0 Å². The van der Waals surface area contributed by atoms with Crippen LogP contribution in [-0.4, -0.2) is 74.1 Å². The van der Waals surface area contributed by atoms with Gasteiger partial charge in [-0.3, -0.25) is 4.18 Å². The van der Waals surface area contributed by atoms with E-state index in [4.69, 9.17) is 18.9 Å². The van der Waals surface area contributed by atoms with Gasteiger partial charge in [-0.05, 0) is 6.42 Å². The van der Waals surface area contributed by atoms with Crippen molar-refractivity contribution >= 4 is 10.1 Å². The molecule has 22 heavy (non-hydrogen) atoms. The van der Waals surface area contributed by atoms with Crippen molar-refractivity contribution in [1.29, 1.82) is 0 Å². The van der Waals surface area contributed by atoms with Gasteiger partial charge in [0.1, 0.15) is 0 Å². The van der Waals surface area contributed by atoms with Crippen LogP contribution in [0.5, 0.6) is 0 Å². The molecule has 0 N–H and O–H groups in total. The van der Waals surface area contributed by atoms with Crippen molar-refractivity contribution in [1.82, 2.24) is 0 Å². The van der Waals surface area contributed by atoms with Crippen molar-refractivity contribution in [2.75, 3.05) is 65.7 Å². The summed E-state index contributed by atoms with van der Waals surface area (Å²) in [6, 6.07) is 0. The van der Waals surface area contributed by atoms with E-state index >= 15 is 0 Å². The number of hydrogen-bond donors (Lipinski definition) is 0. The monoisotopic (exact) mass is 342 g/mol. The molecule has 0 radical (unpaired) electrons. The molecule has 0 aromatic heterocycles. The number of rotatable bonds is 17. The topological polar surface area (TPSA) is 80.3 Å². The van der Waals surface area contributed by atoms with Crippen molar-refractivity contribution < 1.29 is 31.5 Å². The quantitative estimate of drug-likeness (QED) is 0.290. The average Bonchev–Trinajstić information content (AvgIpc) is 2.45. The molecular formula is C14H30O7S. The van der Waals surface area contributed by atoms with Crippen LogP contribution in [0.4, 0.5) is 0 Å². The van der Waals surface area contributed by atoms with Crippen molar-refractivity contribution in [3.05, 3.63) is 0 Å². The van der Waals surface area contributed by atoms with Gasteiger partial charge in [0.05, 0.1) is 59.1 Å².